The monoisotopic (exact) mass is 259 g/mol. The minimum absolute atomic E-state index is 0.374. The van der Waals surface area contributed by atoms with Gasteiger partial charge in [0.15, 0.2) is 0 Å². The second-order valence-corrected chi connectivity index (χ2v) is 4.40. The molecule has 0 bridgehead atoms. The van der Waals surface area contributed by atoms with Gasteiger partial charge < -0.3 is 4.90 Å². The van der Waals surface area contributed by atoms with Gasteiger partial charge in [0, 0.05) is 16.3 Å². The summed E-state index contributed by atoms with van der Waals surface area (Å²) >= 11 is 7.90. The van der Waals surface area contributed by atoms with E-state index < -0.39 is 0 Å². The molecule has 0 fully saturated rings. The predicted molar refractivity (Wildman–Crippen MR) is 64.4 cm³/mol. The molecule has 1 rings (SSSR count). The molecule has 1 unspecified atom stereocenters. The van der Waals surface area contributed by atoms with Crippen LogP contribution in [-0.2, 0) is 0 Å². The van der Waals surface area contributed by atoms with Crippen molar-refractivity contribution in [3.63, 3.8) is 0 Å². The molecular weight excluding hydrogens is 246 g/mol. The van der Waals surface area contributed by atoms with Crippen LogP contribution in [0.3, 0.4) is 0 Å². The van der Waals surface area contributed by atoms with E-state index in [0.29, 0.717) is 6.04 Å². The van der Waals surface area contributed by atoms with Gasteiger partial charge in [-0.15, -0.1) is 0 Å². The number of hydrogen-bond acceptors (Lipinski definition) is 2. The molecule has 0 aliphatic heterocycles. The Labute approximate surface area is 93.7 Å². The molecule has 72 valence electrons. The Morgan fingerprint density at radius 1 is 1.38 bits per heavy atom. The van der Waals surface area contributed by atoms with Gasteiger partial charge in [-0.3, -0.25) is 0 Å². The highest BCUT2D eigenvalue weighted by Gasteiger charge is 2.13. The molecule has 1 nitrogen and oxygen atoms in total. The summed E-state index contributed by atoms with van der Waals surface area (Å²) in [5.41, 5.74) is 1.29. The summed E-state index contributed by atoms with van der Waals surface area (Å²) < 4.78 is 1.16. The van der Waals surface area contributed by atoms with Crippen LogP contribution in [0.4, 0.5) is 0 Å². The summed E-state index contributed by atoms with van der Waals surface area (Å²) in [6.45, 7) is 0. The zero-order chi connectivity index (χ0) is 9.84. The van der Waals surface area contributed by atoms with Crippen molar-refractivity contribution in [2.24, 2.45) is 0 Å². The van der Waals surface area contributed by atoms with Crippen LogP contribution in [0.25, 0.3) is 0 Å². The van der Waals surface area contributed by atoms with Crippen LogP contribution in [0.5, 0.6) is 0 Å². The second-order valence-electron chi connectivity index (χ2n) is 3.18. The second kappa shape index (κ2) is 5.03. The Balaban J connectivity index is 2.97. The molecule has 0 heterocycles. The zero-order valence-electron chi connectivity index (χ0n) is 7.87. The highest BCUT2D eigenvalue weighted by molar-refractivity contribution is 9.10. The lowest BCUT2D eigenvalue weighted by molar-refractivity contribution is 0.325. The van der Waals surface area contributed by atoms with Gasteiger partial charge in [0.05, 0.1) is 0 Å². The SMILES string of the molecule is CN(C)C(CS)c1ccccc1Br. The minimum Gasteiger partial charge on any atom is -0.302 e. The molecule has 13 heavy (non-hydrogen) atoms. The van der Waals surface area contributed by atoms with Crippen LogP contribution in [0, 0.1) is 0 Å². The zero-order valence-corrected chi connectivity index (χ0v) is 10.3. The molecule has 0 N–H and O–H groups in total. The Bertz CT molecular complexity index is 275. The number of nitrogens with zero attached hydrogens (tertiary/aromatic N) is 1. The maximum atomic E-state index is 4.35. The third kappa shape index (κ3) is 2.73. The van der Waals surface area contributed by atoms with Gasteiger partial charge in [0.2, 0.25) is 0 Å². The predicted octanol–water partition coefficient (Wildman–Crippen LogP) is 2.98. The summed E-state index contributed by atoms with van der Waals surface area (Å²) in [6, 6.07) is 8.65. The van der Waals surface area contributed by atoms with Gasteiger partial charge in [-0.2, -0.15) is 12.6 Å². The third-order valence-corrected chi connectivity index (χ3v) is 3.13. The number of halogens is 1. The van der Waals surface area contributed by atoms with Crippen LogP contribution >= 0.6 is 28.6 Å². The average molecular weight is 260 g/mol. The lowest BCUT2D eigenvalue weighted by Gasteiger charge is -2.23. The fourth-order valence-electron chi connectivity index (χ4n) is 1.29. The van der Waals surface area contributed by atoms with Crippen molar-refractivity contribution in [2.75, 3.05) is 19.8 Å². The van der Waals surface area contributed by atoms with E-state index >= 15 is 0 Å². The van der Waals surface area contributed by atoms with E-state index in [1.54, 1.807) is 0 Å². The first-order valence-electron chi connectivity index (χ1n) is 4.18. The molecule has 0 aromatic heterocycles. The largest absolute Gasteiger partial charge is 0.302 e. The Morgan fingerprint density at radius 3 is 2.46 bits per heavy atom. The number of hydrogen-bond donors (Lipinski definition) is 1. The van der Waals surface area contributed by atoms with Gasteiger partial charge in [-0.1, -0.05) is 34.1 Å². The maximum Gasteiger partial charge on any atom is 0.0441 e. The topological polar surface area (TPSA) is 3.24 Å². The molecule has 0 saturated heterocycles. The maximum absolute atomic E-state index is 4.35. The van der Waals surface area contributed by atoms with E-state index in [1.165, 1.54) is 5.56 Å². The molecule has 0 radical (unpaired) electrons. The highest BCUT2D eigenvalue weighted by atomic mass is 79.9. The van der Waals surface area contributed by atoms with Crippen LogP contribution in [-0.4, -0.2) is 24.7 Å². The Hall–Kier alpha value is 0.01000. The fourth-order valence-corrected chi connectivity index (χ4v) is 2.36. The molecule has 0 spiro atoms. The van der Waals surface area contributed by atoms with E-state index in [9.17, 15) is 0 Å². The van der Waals surface area contributed by atoms with E-state index in [1.807, 2.05) is 6.07 Å². The van der Waals surface area contributed by atoms with Crippen molar-refractivity contribution in [1.82, 2.24) is 4.90 Å². The fraction of sp³-hybridized carbons (Fsp3) is 0.400. The van der Waals surface area contributed by atoms with Gasteiger partial charge in [-0.25, -0.2) is 0 Å². The molecule has 1 atom stereocenters. The minimum atomic E-state index is 0.374. The van der Waals surface area contributed by atoms with Crippen molar-refractivity contribution < 1.29 is 0 Å². The smallest absolute Gasteiger partial charge is 0.0441 e. The molecule has 0 saturated carbocycles. The van der Waals surface area contributed by atoms with E-state index in [0.717, 1.165) is 10.2 Å². The van der Waals surface area contributed by atoms with Gasteiger partial charge in [0.1, 0.15) is 0 Å². The summed E-state index contributed by atoms with van der Waals surface area (Å²) in [5.74, 6) is 0.829. The van der Waals surface area contributed by atoms with Crippen LogP contribution in [0.15, 0.2) is 28.7 Å². The van der Waals surface area contributed by atoms with Crippen molar-refractivity contribution in [1.29, 1.82) is 0 Å². The first-order valence-corrected chi connectivity index (χ1v) is 5.61. The Kier molecular flexibility index (Phi) is 4.29. The lowest BCUT2D eigenvalue weighted by Crippen LogP contribution is -2.21. The first kappa shape index (κ1) is 11.1. The number of rotatable bonds is 3. The molecule has 0 aliphatic carbocycles. The highest BCUT2D eigenvalue weighted by Crippen LogP contribution is 2.26. The number of thiol groups is 1. The molecule has 0 amide bonds. The molecule has 3 heteroatoms. The van der Waals surface area contributed by atoms with E-state index in [2.05, 4.69) is 65.8 Å². The average Bonchev–Trinajstić information content (AvgIpc) is 2.09. The summed E-state index contributed by atoms with van der Waals surface area (Å²) in [6.07, 6.45) is 0. The molecule has 1 aromatic carbocycles. The van der Waals surface area contributed by atoms with Crippen LogP contribution in [0.1, 0.15) is 11.6 Å². The number of benzene rings is 1. The summed E-state index contributed by atoms with van der Waals surface area (Å²) in [5, 5.41) is 0. The molecule has 0 aliphatic rings. The van der Waals surface area contributed by atoms with E-state index in [4.69, 9.17) is 0 Å². The lowest BCUT2D eigenvalue weighted by atomic mass is 10.1. The first-order chi connectivity index (χ1) is 6.16. The van der Waals surface area contributed by atoms with Crippen molar-refractivity contribution >= 4 is 28.6 Å². The third-order valence-electron chi connectivity index (χ3n) is 2.06. The van der Waals surface area contributed by atoms with Gasteiger partial charge in [-0.05, 0) is 25.7 Å². The Morgan fingerprint density at radius 2 is 2.00 bits per heavy atom. The quantitative estimate of drug-likeness (QED) is 0.818. The van der Waals surface area contributed by atoms with E-state index in [-0.39, 0.29) is 0 Å². The van der Waals surface area contributed by atoms with Crippen molar-refractivity contribution in [3.05, 3.63) is 34.3 Å². The van der Waals surface area contributed by atoms with Crippen molar-refractivity contribution in [3.8, 4) is 0 Å². The summed E-state index contributed by atoms with van der Waals surface area (Å²) in [7, 11) is 4.14. The van der Waals surface area contributed by atoms with Crippen molar-refractivity contribution in [2.45, 2.75) is 6.04 Å². The standard InChI is InChI=1S/C10H14BrNS/c1-12(2)10(7-13)8-5-3-4-6-9(8)11/h3-6,10,13H,7H2,1-2H3. The molecular formula is C10H14BrNS. The van der Waals surface area contributed by atoms with Crippen LogP contribution in [0.2, 0.25) is 0 Å². The van der Waals surface area contributed by atoms with Crippen LogP contribution < -0.4 is 0 Å². The summed E-state index contributed by atoms with van der Waals surface area (Å²) in [4.78, 5) is 2.17. The normalized spacial score (nSPS) is 13.3. The van der Waals surface area contributed by atoms with Gasteiger partial charge in [0.25, 0.3) is 0 Å². The molecule has 1 aromatic rings. The van der Waals surface area contributed by atoms with Gasteiger partial charge >= 0.3 is 0 Å².